The molecule has 6 nitrogen and oxygen atoms in total. The molecular formula is C27H38N4O2. The van der Waals surface area contributed by atoms with Crippen molar-refractivity contribution in [2.24, 2.45) is 0 Å². The van der Waals surface area contributed by atoms with E-state index in [4.69, 9.17) is 0 Å². The number of rotatable bonds is 9. The number of hydrogen-bond acceptors (Lipinski definition) is 5. The van der Waals surface area contributed by atoms with Gasteiger partial charge in [0.2, 0.25) is 0 Å². The quantitative estimate of drug-likeness (QED) is 0.308. The summed E-state index contributed by atoms with van der Waals surface area (Å²) >= 11 is 0. The molecule has 0 spiro atoms. The molecule has 2 aliphatic rings. The van der Waals surface area contributed by atoms with Crippen LogP contribution in [-0.2, 0) is 13.1 Å². The number of piperazine rings is 1. The van der Waals surface area contributed by atoms with E-state index in [2.05, 4.69) is 45.0 Å². The van der Waals surface area contributed by atoms with Crippen molar-refractivity contribution in [1.82, 2.24) is 14.7 Å². The molecule has 1 saturated carbocycles. The van der Waals surface area contributed by atoms with Crippen LogP contribution in [0.2, 0.25) is 0 Å². The van der Waals surface area contributed by atoms with Gasteiger partial charge in [-0.2, -0.15) is 0 Å². The zero-order valence-corrected chi connectivity index (χ0v) is 19.8. The normalized spacial score (nSPS) is 18.9. The number of hydrogen-bond donors (Lipinski definition) is 0. The highest BCUT2D eigenvalue weighted by Gasteiger charge is 2.23. The van der Waals surface area contributed by atoms with Gasteiger partial charge >= 0.3 is 0 Å². The number of nitro groups is 1. The Labute approximate surface area is 198 Å². The van der Waals surface area contributed by atoms with E-state index in [-0.39, 0.29) is 10.6 Å². The van der Waals surface area contributed by atoms with Crippen molar-refractivity contribution in [3.05, 3.63) is 75.8 Å². The van der Waals surface area contributed by atoms with E-state index in [1.165, 1.54) is 44.1 Å². The standard InChI is InChI=1S/C27H38N4O2/c32-31(33)27-14-8-11-25(21-27)23-30(26-12-6-1-2-7-13-26)20-19-28-15-17-29(18-16-28)22-24-9-4-3-5-10-24/h3-5,8-11,14,21,26H,1-2,6-7,12-13,15-20,22-23H2. The van der Waals surface area contributed by atoms with E-state index in [1.807, 2.05) is 12.1 Å². The minimum absolute atomic E-state index is 0.197. The van der Waals surface area contributed by atoms with Gasteiger partial charge in [0.15, 0.2) is 0 Å². The van der Waals surface area contributed by atoms with Crippen molar-refractivity contribution in [3.8, 4) is 0 Å². The fourth-order valence-electron chi connectivity index (χ4n) is 5.30. The lowest BCUT2D eigenvalue weighted by Crippen LogP contribution is -2.49. The van der Waals surface area contributed by atoms with Crippen LogP contribution in [0.25, 0.3) is 0 Å². The summed E-state index contributed by atoms with van der Waals surface area (Å²) in [5.41, 5.74) is 2.64. The van der Waals surface area contributed by atoms with E-state index in [1.54, 1.807) is 12.1 Å². The van der Waals surface area contributed by atoms with Gasteiger partial charge in [-0.05, 0) is 24.0 Å². The Balaban J connectivity index is 1.32. The summed E-state index contributed by atoms with van der Waals surface area (Å²) in [6.07, 6.45) is 7.77. The van der Waals surface area contributed by atoms with Gasteiger partial charge in [-0.3, -0.25) is 24.8 Å². The summed E-state index contributed by atoms with van der Waals surface area (Å²) < 4.78 is 0. The van der Waals surface area contributed by atoms with Crippen molar-refractivity contribution in [3.63, 3.8) is 0 Å². The topological polar surface area (TPSA) is 52.9 Å². The second-order valence-electron chi connectivity index (χ2n) is 9.65. The summed E-state index contributed by atoms with van der Waals surface area (Å²) in [6.45, 7) is 8.41. The number of nitrogens with zero attached hydrogens (tertiary/aromatic N) is 4. The van der Waals surface area contributed by atoms with E-state index in [9.17, 15) is 10.1 Å². The molecule has 1 heterocycles. The molecule has 1 aliphatic carbocycles. The molecule has 0 radical (unpaired) electrons. The summed E-state index contributed by atoms with van der Waals surface area (Å²) in [7, 11) is 0. The van der Waals surface area contributed by atoms with Crippen LogP contribution in [0.4, 0.5) is 5.69 Å². The Morgan fingerprint density at radius 1 is 0.848 bits per heavy atom. The molecule has 2 fully saturated rings. The van der Waals surface area contributed by atoms with Gasteiger partial charge in [0, 0.05) is 70.5 Å². The molecule has 0 aromatic heterocycles. The van der Waals surface area contributed by atoms with E-state index in [0.717, 1.165) is 57.9 Å². The van der Waals surface area contributed by atoms with Gasteiger partial charge in [0.1, 0.15) is 0 Å². The van der Waals surface area contributed by atoms with Crippen LogP contribution < -0.4 is 0 Å². The molecule has 0 amide bonds. The van der Waals surface area contributed by atoms with Crippen molar-refractivity contribution >= 4 is 5.69 Å². The van der Waals surface area contributed by atoms with E-state index in [0.29, 0.717) is 6.04 Å². The molecule has 0 atom stereocenters. The molecule has 1 aliphatic heterocycles. The van der Waals surface area contributed by atoms with Gasteiger partial charge in [-0.1, -0.05) is 68.1 Å². The largest absolute Gasteiger partial charge is 0.300 e. The van der Waals surface area contributed by atoms with Crippen LogP contribution in [0.5, 0.6) is 0 Å². The SMILES string of the molecule is O=[N+]([O-])c1cccc(CN(CCN2CCN(Cc3ccccc3)CC2)C2CCCCCC2)c1. The Kier molecular flexibility index (Phi) is 8.86. The minimum Gasteiger partial charge on any atom is -0.300 e. The fourth-order valence-corrected chi connectivity index (χ4v) is 5.30. The third kappa shape index (κ3) is 7.36. The van der Waals surface area contributed by atoms with Crippen LogP contribution in [0, 0.1) is 10.1 Å². The molecule has 2 aromatic rings. The highest BCUT2D eigenvalue weighted by molar-refractivity contribution is 5.34. The van der Waals surface area contributed by atoms with Gasteiger partial charge < -0.3 is 0 Å². The predicted molar refractivity (Wildman–Crippen MR) is 133 cm³/mol. The first-order valence-electron chi connectivity index (χ1n) is 12.6. The highest BCUT2D eigenvalue weighted by atomic mass is 16.6. The van der Waals surface area contributed by atoms with Crippen molar-refractivity contribution in [2.45, 2.75) is 57.7 Å². The van der Waals surface area contributed by atoms with Gasteiger partial charge in [0.25, 0.3) is 5.69 Å². The lowest BCUT2D eigenvalue weighted by Gasteiger charge is -2.37. The monoisotopic (exact) mass is 450 g/mol. The van der Waals surface area contributed by atoms with Crippen LogP contribution in [0.3, 0.4) is 0 Å². The maximum atomic E-state index is 11.2. The number of nitro benzene ring substituents is 1. The van der Waals surface area contributed by atoms with Gasteiger partial charge in [-0.25, -0.2) is 0 Å². The predicted octanol–water partition coefficient (Wildman–Crippen LogP) is 4.94. The van der Waals surface area contributed by atoms with Crippen molar-refractivity contribution < 1.29 is 4.92 Å². The smallest absolute Gasteiger partial charge is 0.269 e. The Hall–Kier alpha value is -2.28. The first-order valence-corrected chi connectivity index (χ1v) is 12.6. The zero-order valence-electron chi connectivity index (χ0n) is 19.8. The maximum absolute atomic E-state index is 11.2. The Morgan fingerprint density at radius 3 is 2.21 bits per heavy atom. The first kappa shape index (κ1) is 23.9. The molecule has 2 aromatic carbocycles. The molecule has 178 valence electrons. The van der Waals surface area contributed by atoms with Gasteiger partial charge in [-0.15, -0.1) is 0 Å². The first-order chi connectivity index (χ1) is 16.2. The van der Waals surface area contributed by atoms with Crippen LogP contribution in [0.1, 0.15) is 49.7 Å². The van der Waals surface area contributed by atoms with Crippen molar-refractivity contribution in [1.29, 1.82) is 0 Å². The van der Waals surface area contributed by atoms with E-state index < -0.39 is 0 Å². The van der Waals surface area contributed by atoms with Crippen LogP contribution in [0.15, 0.2) is 54.6 Å². The number of benzene rings is 2. The zero-order chi connectivity index (χ0) is 22.9. The average Bonchev–Trinajstić information content (AvgIpc) is 3.13. The van der Waals surface area contributed by atoms with Crippen molar-refractivity contribution in [2.75, 3.05) is 39.3 Å². The number of non-ortho nitro benzene ring substituents is 1. The second-order valence-corrected chi connectivity index (χ2v) is 9.65. The molecular weight excluding hydrogens is 412 g/mol. The molecule has 33 heavy (non-hydrogen) atoms. The Morgan fingerprint density at radius 2 is 1.52 bits per heavy atom. The third-order valence-corrected chi connectivity index (χ3v) is 7.27. The molecule has 1 saturated heterocycles. The summed E-state index contributed by atoms with van der Waals surface area (Å²) in [5.74, 6) is 0. The molecule has 4 rings (SSSR count). The highest BCUT2D eigenvalue weighted by Crippen LogP contribution is 2.24. The maximum Gasteiger partial charge on any atom is 0.269 e. The molecule has 0 N–H and O–H groups in total. The second kappa shape index (κ2) is 12.3. The molecule has 6 heteroatoms. The minimum atomic E-state index is -0.283. The summed E-state index contributed by atoms with van der Waals surface area (Å²) in [4.78, 5) is 18.7. The fraction of sp³-hybridized carbons (Fsp3) is 0.556. The van der Waals surface area contributed by atoms with Crippen LogP contribution in [-0.4, -0.2) is 64.9 Å². The lowest BCUT2D eigenvalue weighted by atomic mass is 10.1. The average molecular weight is 451 g/mol. The molecule has 0 bridgehead atoms. The van der Waals surface area contributed by atoms with Crippen LogP contribution >= 0.6 is 0 Å². The lowest BCUT2D eigenvalue weighted by molar-refractivity contribution is -0.384. The van der Waals surface area contributed by atoms with Gasteiger partial charge in [0.05, 0.1) is 4.92 Å². The van der Waals surface area contributed by atoms with E-state index >= 15 is 0 Å². The summed E-state index contributed by atoms with van der Waals surface area (Å²) in [5, 5.41) is 11.2. The molecule has 0 unspecified atom stereocenters. The Bertz CT molecular complexity index is 859. The third-order valence-electron chi connectivity index (χ3n) is 7.27. The summed E-state index contributed by atoms with van der Waals surface area (Å²) in [6, 6.07) is 18.5.